The molecule has 1 saturated carbocycles. The van der Waals surface area contributed by atoms with E-state index in [4.69, 9.17) is 4.99 Å². The molecule has 1 aromatic heterocycles. The highest BCUT2D eigenvalue weighted by Crippen LogP contribution is 2.37. The molecule has 12 nitrogen and oxygen atoms in total. The van der Waals surface area contributed by atoms with Crippen LogP contribution in [0.15, 0.2) is 71.7 Å². The van der Waals surface area contributed by atoms with Crippen LogP contribution in [0.5, 0.6) is 0 Å². The second-order valence-corrected chi connectivity index (χ2v) is 13.3. The van der Waals surface area contributed by atoms with Crippen molar-refractivity contribution in [2.75, 3.05) is 29.9 Å². The van der Waals surface area contributed by atoms with E-state index >= 15 is 4.39 Å². The van der Waals surface area contributed by atoms with E-state index in [0.29, 0.717) is 53.3 Å². The molecule has 8 rings (SSSR count). The van der Waals surface area contributed by atoms with Crippen molar-refractivity contribution in [3.8, 4) is 11.4 Å². The molecule has 4 aromatic rings. The molecule has 1 aliphatic carbocycles. The van der Waals surface area contributed by atoms with E-state index in [1.165, 1.54) is 11.0 Å². The SMILES string of the molecule is CC(C)c1cccc2c1N(CC(=O)N1CC3CCC(CC3)C1)C(=O)[C@H](NC(=O)Nc1cccc(-c3nnn[nH]3)c1)N=C2c1ccccc1F. The number of aromatic nitrogens is 4. The minimum absolute atomic E-state index is 0.0455. The lowest BCUT2D eigenvalue weighted by Crippen LogP contribution is -2.52. The van der Waals surface area contributed by atoms with E-state index in [2.05, 4.69) is 31.3 Å². The smallest absolute Gasteiger partial charge is 0.321 e. The van der Waals surface area contributed by atoms with Crippen LogP contribution >= 0.6 is 0 Å². The number of H-pyrrole nitrogens is 1. The number of aliphatic imine (C=N–C) groups is 1. The highest BCUT2D eigenvalue weighted by atomic mass is 19.1. The van der Waals surface area contributed by atoms with E-state index in [-0.39, 0.29) is 29.6 Å². The summed E-state index contributed by atoms with van der Waals surface area (Å²) in [5.74, 6) is -0.00474. The number of carbonyl (C=O) groups excluding carboxylic acids is 3. The number of tetrazole rings is 1. The number of carbonyl (C=O) groups is 3. The molecule has 3 aliphatic heterocycles. The zero-order chi connectivity index (χ0) is 34.1. The minimum Gasteiger partial charge on any atom is -0.341 e. The second kappa shape index (κ2) is 13.6. The lowest BCUT2D eigenvalue weighted by atomic mass is 9.84. The molecule has 0 radical (unpaired) electrons. The Morgan fingerprint density at radius 2 is 1.67 bits per heavy atom. The molecule has 0 unspecified atom stereocenters. The normalized spacial score (nSPS) is 20.4. The summed E-state index contributed by atoms with van der Waals surface area (Å²) >= 11 is 0. The Balaban J connectivity index is 1.26. The second-order valence-electron chi connectivity index (χ2n) is 13.3. The first-order valence-electron chi connectivity index (χ1n) is 16.7. The maximum Gasteiger partial charge on any atom is 0.321 e. The molecule has 3 N–H and O–H groups in total. The van der Waals surface area contributed by atoms with Crippen LogP contribution in [0.2, 0.25) is 0 Å². The van der Waals surface area contributed by atoms with Crippen LogP contribution in [0.1, 0.15) is 62.1 Å². The maximum absolute atomic E-state index is 15.5. The molecular weight excluding hydrogens is 625 g/mol. The fourth-order valence-corrected chi connectivity index (χ4v) is 7.20. The predicted molar refractivity (Wildman–Crippen MR) is 183 cm³/mol. The molecule has 13 heteroatoms. The molecular formula is C36H38FN9O3. The Labute approximate surface area is 283 Å². The first kappa shape index (κ1) is 32.1. The Bertz CT molecular complexity index is 1890. The number of anilines is 2. The number of benzodiazepines with no additional fused rings is 1. The zero-order valence-corrected chi connectivity index (χ0v) is 27.4. The summed E-state index contributed by atoms with van der Waals surface area (Å²) in [6.45, 7) is 5.11. The minimum atomic E-state index is -1.48. The van der Waals surface area contributed by atoms with Gasteiger partial charge in [-0.1, -0.05) is 56.3 Å². The Morgan fingerprint density at radius 3 is 2.37 bits per heavy atom. The van der Waals surface area contributed by atoms with Crippen LogP contribution in [-0.4, -0.2) is 74.9 Å². The Kier molecular flexibility index (Phi) is 8.89. The molecule has 4 aliphatic rings. The summed E-state index contributed by atoms with van der Waals surface area (Å²) in [4.78, 5) is 50.4. The van der Waals surface area contributed by atoms with Crippen LogP contribution < -0.4 is 15.5 Å². The fraction of sp³-hybridized carbons (Fsp3) is 0.361. The van der Waals surface area contributed by atoms with Gasteiger partial charge in [-0.05, 0) is 83.7 Å². The molecule has 0 spiro atoms. The molecule has 4 amide bonds. The van der Waals surface area contributed by atoms with Crippen molar-refractivity contribution in [1.29, 1.82) is 0 Å². The fourth-order valence-electron chi connectivity index (χ4n) is 7.20. The van der Waals surface area contributed by atoms with Gasteiger partial charge >= 0.3 is 6.03 Å². The number of benzene rings is 3. The van der Waals surface area contributed by atoms with E-state index in [0.717, 1.165) is 31.2 Å². The Hall–Kier alpha value is -5.46. The molecule has 1 atom stereocenters. The van der Waals surface area contributed by atoms with Crippen LogP contribution in [-0.2, 0) is 9.59 Å². The van der Waals surface area contributed by atoms with Gasteiger partial charge in [0.25, 0.3) is 5.91 Å². The molecule has 2 bridgehead atoms. The van der Waals surface area contributed by atoms with Crippen LogP contribution in [0.25, 0.3) is 11.4 Å². The van der Waals surface area contributed by atoms with E-state index in [9.17, 15) is 14.4 Å². The predicted octanol–water partition coefficient (Wildman–Crippen LogP) is 5.11. The lowest BCUT2D eigenvalue weighted by molar-refractivity contribution is -0.132. The van der Waals surface area contributed by atoms with Crippen molar-refractivity contribution in [2.45, 2.75) is 51.6 Å². The van der Waals surface area contributed by atoms with Crippen molar-refractivity contribution in [3.05, 3.63) is 89.2 Å². The average molecular weight is 664 g/mol. The summed E-state index contributed by atoms with van der Waals surface area (Å²) < 4.78 is 15.5. The van der Waals surface area contributed by atoms with Gasteiger partial charge in [-0.3, -0.25) is 14.5 Å². The third-order valence-electron chi connectivity index (χ3n) is 9.68. The highest BCUT2D eigenvalue weighted by Gasteiger charge is 2.39. The van der Waals surface area contributed by atoms with Gasteiger partial charge in [-0.2, -0.15) is 0 Å². The van der Waals surface area contributed by atoms with E-state index < -0.39 is 23.9 Å². The van der Waals surface area contributed by atoms with Crippen molar-refractivity contribution >= 4 is 34.9 Å². The summed E-state index contributed by atoms with van der Waals surface area (Å²) in [6.07, 6.45) is 2.96. The number of para-hydroxylation sites is 1. The number of rotatable bonds is 7. The molecule has 2 saturated heterocycles. The molecule has 4 heterocycles. The monoisotopic (exact) mass is 663 g/mol. The standard InChI is InChI=1S/C36H38FN9O3/c1-21(2)26-10-6-11-28-31(27-9-3-4-12-29(27)37)39-34(40-36(49)38-25-8-5-7-24(17-25)33-41-43-44-42-33)35(48)46(32(26)28)20-30(47)45-18-22-13-14-23(19-45)16-15-22/h3-12,17,21-23,34H,13-16,18-20H2,1-2H3,(H2,38,40,49)(H,41,42,43,44)/t22?,23?,34-/m0/s1. The number of hydrogen-bond donors (Lipinski definition) is 3. The third-order valence-corrected chi connectivity index (χ3v) is 9.68. The van der Waals surface area contributed by atoms with Crippen molar-refractivity contribution in [1.82, 2.24) is 30.8 Å². The van der Waals surface area contributed by atoms with Crippen molar-refractivity contribution in [3.63, 3.8) is 0 Å². The highest BCUT2D eigenvalue weighted by molar-refractivity contribution is 6.21. The molecule has 3 aromatic carbocycles. The van der Waals surface area contributed by atoms with Crippen molar-refractivity contribution < 1.29 is 18.8 Å². The van der Waals surface area contributed by atoms with Gasteiger partial charge in [0.05, 0.1) is 11.4 Å². The quantitative estimate of drug-likeness (QED) is 0.250. The number of halogens is 1. The molecule has 49 heavy (non-hydrogen) atoms. The molecule has 252 valence electrons. The summed E-state index contributed by atoms with van der Waals surface area (Å²) in [5, 5.41) is 19.3. The van der Waals surface area contributed by atoms with E-state index in [1.54, 1.807) is 48.5 Å². The number of hydrogen-bond acceptors (Lipinski definition) is 7. The van der Waals surface area contributed by atoms with E-state index in [1.807, 2.05) is 30.9 Å². The zero-order valence-electron chi connectivity index (χ0n) is 27.4. The first-order chi connectivity index (χ1) is 23.7. The summed E-state index contributed by atoms with van der Waals surface area (Å²) in [6, 6.07) is 17.9. The van der Waals surface area contributed by atoms with Crippen molar-refractivity contribution in [2.24, 2.45) is 16.8 Å². The van der Waals surface area contributed by atoms with Gasteiger partial charge in [-0.25, -0.2) is 19.3 Å². The Morgan fingerprint density at radius 1 is 0.959 bits per heavy atom. The van der Waals surface area contributed by atoms with Crippen LogP contribution in [0, 0.1) is 17.7 Å². The van der Waals surface area contributed by atoms with Gasteiger partial charge in [0, 0.05) is 35.5 Å². The maximum atomic E-state index is 15.5. The van der Waals surface area contributed by atoms with Crippen LogP contribution in [0.4, 0.5) is 20.6 Å². The summed E-state index contributed by atoms with van der Waals surface area (Å²) in [5.41, 5.74) is 3.24. The van der Waals surface area contributed by atoms with Gasteiger partial charge < -0.3 is 15.5 Å². The first-order valence-corrected chi connectivity index (χ1v) is 16.7. The average Bonchev–Trinajstić information content (AvgIpc) is 3.43. The van der Waals surface area contributed by atoms with Crippen LogP contribution in [0.3, 0.4) is 0 Å². The topological polar surface area (TPSA) is 149 Å². The number of fused-ring (bicyclic) bond motifs is 5. The lowest BCUT2D eigenvalue weighted by Gasteiger charge is -2.31. The number of urea groups is 1. The van der Waals surface area contributed by atoms with Gasteiger partial charge in [0.1, 0.15) is 12.4 Å². The number of nitrogens with zero attached hydrogens (tertiary/aromatic N) is 6. The number of aromatic amines is 1. The van der Waals surface area contributed by atoms with Gasteiger partial charge in [0.2, 0.25) is 12.1 Å². The number of amides is 4. The number of nitrogens with one attached hydrogen (secondary N) is 3. The molecule has 3 fully saturated rings. The van der Waals surface area contributed by atoms with Gasteiger partial charge in [0.15, 0.2) is 5.82 Å². The third kappa shape index (κ3) is 6.65. The summed E-state index contributed by atoms with van der Waals surface area (Å²) in [7, 11) is 0. The van der Waals surface area contributed by atoms with Gasteiger partial charge in [-0.15, -0.1) is 5.10 Å². The largest absolute Gasteiger partial charge is 0.341 e.